The summed E-state index contributed by atoms with van der Waals surface area (Å²) in [6, 6.07) is 5.35. The molecule has 1 N–H and O–H groups in total. The lowest BCUT2D eigenvalue weighted by atomic mass is 10.1. The second-order valence-corrected chi connectivity index (χ2v) is 4.36. The molecule has 0 bridgehead atoms. The van der Waals surface area contributed by atoms with Gasteiger partial charge in [-0.2, -0.15) is 18.3 Å². The first-order valence-electron chi connectivity index (χ1n) is 5.64. The fourth-order valence-corrected chi connectivity index (χ4v) is 1.86. The van der Waals surface area contributed by atoms with Crippen molar-refractivity contribution < 1.29 is 13.2 Å². The van der Waals surface area contributed by atoms with Crippen molar-refractivity contribution in [2.24, 2.45) is 0 Å². The van der Waals surface area contributed by atoms with Crippen molar-refractivity contribution in [1.29, 1.82) is 0 Å². The molecule has 1 fully saturated rings. The van der Waals surface area contributed by atoms with Gasteiger partial charge in [-0.3, -0.25) is 5.10 Å². The molecule has 3 nitrogen and oxygen atoms in total. The number of nitrogens with zero attached hydrogens (tertiary/aromatic N) is 2. The minimum absolute atomic E-state index is 0.0214. The van der Waals surface area contributed by atoms with Crippen LogP contribution >= 0.6 is 0 Å². The maximum Gasteiger partial charge on any atom is 0.417 e. The van der Waals surface area contributed by atoms with Gasteiger partial charge in [-0.25, -0.2) is 4.98 Å². The van der Waals surface area contributed by atoms with Crippen molar-refractivity contribution in [2.75, 3.05) is 0 Å². The molecule has 1 aliphatic rings. The number of hydrogen-bond donors (Lipinski definition) is 1. The lowest BCUT2D eigenvalue weighted by Gasteiger charge is -2.09. The van der Waals surface area contributed by atoms with E-state index in [0.717, 1.165) is 18.9 Å². The molecule has 0 aliphatic heterocycles. The molecule has 2 aromatic rings. The molecule has 6 heteroatoms. The van der Waals surface area contributed by atoms with Crippen LogP contribution in [0.1, 0.15) is 30.1 Å². The maximum atomic E-state index is 12.8. The smallest absolute Gasteiger partial charge is 0.262 e. The fourth-order valence-electron chi connectivity index (χ4n) is 1.86. The second-order valence-electron chi connectivity index (χ2n) is 4.36. The molecule has 0 saturated heterocycles. The number of aromatic amines is 1. The van der Waals surface area contributed by atoms with Gasteiger partial charge >= 0.3 is 6.18 Å². The Morgan fingerprint density at radius 3 is 2.56 bits per heavy atom. The molecular formula is C12H10F3N3. The normalized spacial score (nSPS) is 15.9. The molecule has 0 atom stereocenters. The third kappa shape index (κ3) is 1.98. The Balaban J connectivity index is 2.04. The molecular weight excluding hydrogens is 243 g/mol. The summed E-state index contributed by atoms with van der Waals surface area (Å²) < 4.78 is 38.5. The monoisotopic (exact) mass is 253 g/mol. The van der Waals surface area contributed by atoms with Crippen molar-refractivity contribution in [2.45, 2.75) is 24.9 Å². The summed E-state index contributed by atoms with van der Waals surface area (Å²) in [5, 5.41) is 6.60. The predicted octanol–water partition coefficient (Wildman–Crippen LogP) is 3.37. The molecule has 94 valence electrons. The number of hydrogen-bond acceptors (Lipinski definition) is 2. The SMILES string of the molecule is FC(F)(F)c1ccccc1-c1n[nH]c(C2CC2)n1. The highest BCUT2D eigenvalue weighted by Gasteiger charge is 2.35. The van der Waals surface area contributed by atoms with Gasteiger partial charge in [0.25, 0.3) is 0 Å². The van der Waals surface area contributed by atoms with Gasteiger partial charge in [-0.15, -0.1) is 0 Å². The van der Waals surface area contributed by atoms with Crippen LogP contribution in [0, 0.1) is 0 Å². The fraction of sp³-hybridized carbons (Fsp3) is 0.333. The number of H-pyrrole nitrogens is 1. The number of benzene rings is 1. The molecule has 0 unspecified atom stereocenters. The van der Waals surface area contributed by atoms with Crippen LogP contribution in [-0.4, -0.2) is 15.2 Å². The molecule has 1 saturated carbocycles. The number of nitrogens with one attached hydrogen (secondary N) is 1. The van der Waals surface area contributed by atoms with Gasteiger partial charge in [-0.05, 0) is 18.9 Å². The van der Waals surface area contributed by atoms with Gasteiger partial charge in [0, 0.05) is 11.5 Å². The summed E-state index contributed by atoms with van der Waals surface area (Å²) in [6.07, 6.45) is -2.35. The van der Waals surface area contributed by atoms with Gasteiger partial charge in [-0.1, -0.05) is 18.2 Å². The van der Waals surface area contributed by atoms with E-state index in [1.165, 1.54) is 12.1 Å². The first-order valence-corrected chi connectivity index (χ1v) is 5.64. The maximum absolute atomic E-state index is 12.8. The van der Waals surface area contributed by atoms with Crippen LogP contribution in [0.3, 0.4) is 0 Å². The van der Waals surface area contributed by atoms with Crippen LogP contribution < -0.4 is 0 Å². The van der Waals surface area contributed by atoms with Gasteiger partial charge in [0.2, 0.25) is 0 Å². The molecule has 3 rings (SSSR count). The Hall–Kier alpha value is -1.85. The standard InChI is InChI=1S/C12H10F3N3/c13-12(14,15)9-4-2-1-3-8(9)11-16-10(17-18-11)7-5-6-7/h1-4,7H,5-6H2,(H,16,17,18). The molecule has 0 radical (unpaired) electrons. The van der Waals surface area contributed by atoms with E-state index in [2.05, 4.69) is 15.2 Å². The van der Waals surface area contributed by atoms with Gasteiger partial charge in [0.15, 0.2) is 5.82 Å². The zero-order valence-electron chi connectivity index (χ0n) is 9.33. The highest BCUT2D eigenvalue weighted by molar-refractivity contribution is 5.60. The zero-order valence-corrected chi connectivity index (χ0v) is 9.33. The lowest BCUT2D eigenvalue weighted by molar-refractivity contribution is -0.137. The predicted molar refractivity (Wildman–Crippen MR) is 58.8 cm³/mol. The molecule has 18 heavy (non-hydrogen) atoms. The van der Waals surface area contributed by atoms with E-state index < -0.39 is 11.7 Å². The molecule has 1 aromatic carbocycles. The van der Waals surface area contributed by atoms with Gasteiger partial charge < -0.3 is 0 Å². The van der Waals surface area contributed by atoms with E-state index in [4.69, 9.17) is 0 Å². The Morgan fingerprint density at radius 2 is 1.89 bits per heavy atom. The van der Waals surface area contributed by atoms with Crippen molar-refractivity contribution in [1.82, 2.24) is 15.2 Å². The number of alkyl halides is 3. The quantitative estimate of drug-likeness (QED) is 0.891. The van der Waals surface area contributed by atoms with E-state index in [1.54, 1.807) is 6.07 Å². The number of halogens is 3. The topological polar surface area (TPSA) is 41.6 Å². The van der Waals surface area contributed by atoms with Gasteiger partial charge in [0.1, 0.15) is 5.82 Å². The van der Waals surface area contributed by atoms with Crippen LogP contribution in [-0.2, 0) is 6.18 Å². The van der Waals surface area contributed by atoms with Crippen molar-refractivity contribution in [3.05, 3.63) is 35.7 Å². The number of aromatic nitrogens is 3. The van der Waals surface area contributed by atoms with E-state index >= 15 is 0 Å². The Labute approximate surface area is 101 Å². The van der Waals surface area contributed by atoms with Crippen molar-refractivity contribution in [3.63, 3.8) is 0 Å². The second kappa shape index (κ2) is 3.83. The van der Waals surface area contributed by atoms with Crippen LogP contribution in [0.2, 0.25) is 0 Å². The minimum atomic E-state index is -4.39. The third-order valence-electron chi connectivity index (χ3n) is 2.94. The summed E-state index contributed by atoms with van der Waals surface area (Å²) in [5.74, 6) is 1.14. The van der Waals surface area contributed by atoms with Crippen molar-refractivity contribution >= 4 is 0 Å². The highest BCUT2D eigenvalue weighted by Crippen LogP contribution is 2.40. The Kier molecular flexibility index (Phi) is 2.39. The largest absolute Gasteiger partial charge is 0.417 e. The summed E-state index contributed by atoms with van der Waals surface area (Å²) in [5.41, 5.74) is -0.681. The molecule has 0 spiro atoms. The van der Waals surface area contributed by atoms with Crippen LogP contribution in [0.25, 0.3) is 11.4 Å². The summed E-state index contributed by atoms with van der Waals surface area (Å²) in [6.45, 7) is 0. The number of rotatable bonds is 2. The van der Waals surface area contributed by atoms with Crippen LogP contribution in [0.5, 0.6) is 0 Å². The molecule has 1 aliphatic carbocycles. The molecule has 0 amide bonds. The van der Waals surface area contributed by atoms with E-state index in [0.29, 0.717) is 11.7 Å². The summed E-state index contributed by atoms with van der Waals surface area (Å²) >= 11 is 0. The first kappa shape index (κ1) is 11.3. The summed E-state index contributed by atoms with van der Waals surface area (Å²) in [7, 11) is 0. The van der Waals surface area contributed by atoms with Crippen LogP contribution in [0.4, 0.5) is 13.2 Å². The van der Waals surface area contributed by atoms with E-state index in [9.17, 15) is 13.2 Å². The summed E-state index contributed by atoms with van der Waals surface area (Å²) in [4.78, 5) is 4.15. The van der Waals surface area contributed by atoms with Gasteiger partial charge in [0.05, 0.1) is 5.56 Å². The highest BCUT2D eigenvalue weighted by atomic mass is 19.4. The Bertz CT molecular complexity index is 570. The molecule has 1 aromatic heterocycles. The van der Waals surface area contributed by atoms with Crippen molar-refractivity contribution in [3.8, 4) is 11.4 Å². The third-order valence-corrected chi connectivity index (χ3v) is 2.94. The average molecular weight is 253 g/mol. The average Bonchev–Trinajstić information content (AvgIpc) is 3.06. The van der Waals surface area contributed by atoms with E-state index in [-0.39, 0.29) is 11.4 Å². The Morgan fingerprint density at radius 1 is 1.17 bits per heavy atom. The molecule has 1 heterocycles. The minimum Gasteiger partial charge on any atom is -0.262 e. The zero-order chi connectivity index (χ0) is 12.8. The lowest BCUT2D eigenvalue weighted by Crippen LogP contribution is -2.07. The van der Waals surface area contributed by atoms with Crippen LogP contribution in [0.15, 0.2) is 24.3 Å². The first-order chi connectivity index (χ1) is 8.55. The van der Waals surface area contributed by atoms with E-state index in [1.807, 2.05) is 0 Å².